The minimum Gasteiger partial charge on any atom is -0.472 e. The molecule has 25 heavy (non-hydrogen) atoms. The van der Waals surface area contributed by atoms with Gasteiger partial charge in [-0.1, -0.05) is 15.9 Å². The lowest BCUT2D eigenvalue weighted by molar-refractivity contribution is -0.119. The zero-order valence-corrected chi connectivity index (χ0v) is 16.0. The predicted molar refractivity (Wildman–Crippen MR) is 101 cm³/mol. The van der Waals surface area contributed by atoms with Gasteiger partial charge in [-0.3, -0.25) is 9.59 Å². The number of thioether (sulfide) groups is 1. The largest absolute Gasteiger partial charge is 0.472 e. The standard InChI is InChI=1S/C18H19BrN2O3S/c19-14-1-3-16(4-2-14)25-12-17(22)20-15-5-8-21(9-6-15)18(23)13-7-10-24-11-13/h1-4,7,10-11,15H,5-6,8-9,12H2,(H,20,22). The van der Waals surface area contributed by atoms with Crippen molar-refractivity contribution < 1.29 is 14.0 Å². The number of nitrogens with one attached hydrogen (secondary N) is 1. The predicted octanol–water partition coefficient (Wildman–Crippen LogP) is 3.56. The maximum atomic E-state index is 12.2. The Bertz CT molecular complexity index is 710. The second-order valence-corrected chi connectivity index (χ2v) is 7.85. The van der Waals surface area contributed by atoms with Crippen molar-refractivity contribution in [1.82, 2.24) is 10.2 Å². The number of benzene rings is 1. The Morgan fingerprint density at radius 1 is 1.20 bits per heavy atom. The number of piperidine rings is 1. The summed E-state index contributed by atoms with van der Waals surface area (Å²) in [5.41, 5.74) is 0.577. The summed E-state index contributed by atoms with van der Waals surface area (Å²) in [5.74, 6) is 0.423. The minimum atomic E-state index is -0.00989. The fourth-order valence-electron chi connectivity index (χ4n) is 2.74. The van der Waals surface area contributed by atoms with Crippen LogP contribution in [0.2, 0.25) is 0 Å². The van der Waals surface area contributed by atoms with E-state index in [-0.39, 0.29) is 17.9 Å². The lowest BCUT2D eigenvalue weighted by Crippen LogP contribution is -2.46. The Kier molecular flexibility index (Phi) is 6.20. The van der Waals surface area contributed by atoms with Crippen LogP contribution >= 0.6 is 27.7 Å². The van der Waals surface area contributed by atoms with Gasteiger partial charge in [-0.05, 0) is 43.2 Å². The first-order valence-corrected chi connectivity index (χ1v) is 9.89. The summed E-state index contributed by atoms with van der Waals surface area (Å²) in [4.78, 5) is 27.2. The van der Waals surface area contributed by atoms with E-state index in [1.165, 1.54) is 24.3 Å². The number of likely N-dealkylation sites (tertiary alicyclic amines) is 1. The topological polar surface area (TPSA) is 62.6 Å². The molecular weight excluding hydrogens is 404 g/mol. The Morgan fingerprint density at radius 3 is 2.56 bits per heavy atom. The highest BCUT2D eigenvalue weighted by atomic mass is 79.9. The SMILES string of the molecule is O=C(CSc1ccc(Br)cc1)NC1CCN(C(=O)c2ccoc2)CC1. The molecule has 132 valence electrons. The van der Waals surface area contributed by atoms with Crippen LogP contribution < -0.4 is 5.32 Å². The van der Waals surface area contributed by atoms with E-state index in [1.807, 2.05) is 29.2 Å². The molecule has 1 aliphatic rings. The molecule has 2 amide bonds. The number of amides is 2. The lowest BCUT2D eigenvalue weighted by atomic mass is 10.0. The fraction of sp³-hybridized carbons (Fsp3) is 0.333. The number of halogens is 1. The van der Waals surface area contributed by atoms with Gasteiger partial charge in [-0.2, -0.15) is 0 Å². The quantitative estimate of drug-likeness (QED) is 0.748. The van der Waals surface area contributed by atoms with Gasteiger partial charge in [0.2, 0.25) is 5.91 Å². The molecule has 1 aromatic carbocycles. The number of nitrogens with zero attached hydrogens (tertiary/aromatic N) is 1. The van der Waals surface area contributed by atoms with Crippen LogP contribution in [0.15, 0.2) is 56.6 Å². The summed E-state index contributed by atoms with van der Waals surface area (Å²) in [5, 5.41) is 3.07. The van der Waals surface area contributed by atoms with Crippen molar-refractivity contribution in [1.29, 1.82) is 0 Å². The summed E-state index contributed by atoms with van der Waals surface area (Å²) in [6, 6.07) is 9.71. The summed E-state index contributed by atoms with van der Waals surface area (Å²) in [7, 11) is 0. The van der Waals surface area contributed by atoms with Gasteiger partial charge in [-0.25, -0.2) is 0 Å². The molecule has 7 heteroatoms. The zero-order chi connectivity index (χ0) is 17.6. The van der Waals surface area contributed by atoms with Crippen molar-refractivity contribution in [3.05, 3.63) is 52.9 Å². The second-order valence-electron chi connectivity index (χ2n) is 5.89. The van der Waals surface area contributed by atoms with E-state index in [4.69, 9.17) is 4.42 Å². The van der Waals surface area contributed by atoms with E-state index < -0.39 is 0 Å². The Morgan fingerprint density at radius 2 is 1.92 bits per heavy atom. The highest BCUT2D eigenvalue weighted by molar-refractivity contribution is 9.10. The maximum absolute atomic E-state index is 12.2. The molecule has 0 atom stereocenters. The Labute approximate surface area is 159 Å². The summed E-state index contributed by atoms with van der Waals surface area (Å²) in [6.45, 7) is 1.30. The molecule has 1 saturated heterocycles. The molecule has 0 unspecified atom stereocenters. The number of rotatable bonds is 5. The average molecular weight is 423 g/mol. The van der Waals surface area contributed by atoms with Crippen LogP contribution in [-0.4, -0.2) is 41.6 Å². The van der Waals surface area contributed by atoms with Crippen LogP contribution in [-0.2, 0) is 4.79 Å². The van der Waals surface area contributed by atoms with Crippen molar-refractivity contribution in [2.45, 2.75) is 23.8 Å². The van der Waals surface area contributed by atoms with E-state index in [0.29, 0.717) is 24.4 Å². The Hall–Kier alpha value is -1.73. The van der Waals surface area contributed by atoms with Crippen LogP contribution in [0.3, 0.4) is 0 Å². The Balaban J connectivity index is 1.40. The average Bonchev–Trinajstić information content (AvgIpc) is 3.16. The summed E-state index contributed by atoms with van der Waals surface area (Å²) < 4.78 is 5.99. The van der Waals surface area contributed by atoms with Crippen molar-refractivity contribution in [3.8, 4) is 0 Å². The molecule has 1 aromatic heterocycles. The smallest absolute Gasteiger partial charge is 0.257 e. The van der Waals surface area contributed by atoms with Gasteiger partial charge < -0.3 is 14.6 Å². The van der Waals surface area contributed by atoms with Gasteiger partial charge in [-0.15, -0.1) is 11.8 Å². The van der Waals surface area contributed by atoms with Gasteiger partial charge in [0, 0.05) is 28.5 Å². The van der Waals surface area contributed by atoms with E-state index in [1.54, 1.807) is 6.07 Å². The highest BCUT2D eigenvalue weighted by Crippen LogP contribution is 2.21. The normalized spacial score (nSPS) is 15.2. The lowest BCUT2D eigenvalue weighted by Gasteiger charge is -2.32. The van der Waals surface area contributed by atoms with Crippen molar-refractivity contribution in [2.24, 2.45) is 0 Å². The van der Waals surface area contributed by atoms with Gasteiger partial charge in [0.25, 0.3) is 5.91 Å². The second kappa shape index (κ2) is 8.58. The maximum Gasteiger partial charge on any atom is 0.257 e. The molecular formula is C18H19BrN2O3S. The number of hydrogen-bond donors (Lipinski definition) is 1. The monoisotopic (exact) mass is 422 g/mol. The summed E-state index contributed by atoms with van der Waals surface area (Å²) in [6.07, 6.45) is 4.52. The van der Waals surface area contributed by atoms with Crippen molar-refractivity contribution in [3.63, 3.8) is 0 Å². The minimum absolute atomic E-state index is 0.00989. The molecule has 0 saturated carbocycles. The van der Waals surface area contributed by atoms with E-state index in [9.17, 15) is 9.59 Å². The number of carbonyl (C=O) groups is 2. The van der Waals surface area contributed by atoms with E-state index in [2.05, 4.69) is 21.2 Å². The third kappa shape index (κ3) is 5.12. The first kappa shape index (κ1) is 18.1. The first-order valence-electron chi connectivity index (χ1n) is 8.11. The third-order valence-corrected chi connectivity index (χ3v) is 5.64. The van der Waals surface area contributed by atoms with Gasteiger partial charge in [0.1, 0.15) is 6.26 Å². The van der Waals surface area contributed by atoms with Crippen LogP contribution in [0.4, 0.5) is 0 Å². The first-order chi connectivity index (χ1) is 12.1. The molecule has 1 fully saturated rings. The molecule has 0 aliphatic carbocycles. The van der Waals surface area contributed by atoms with Crippen molar-refractivity contribution in [2.75, 3.05) is 18.8 Å². The molecule has 0 radical (unpaired) electrons. The molecule has 1 aliphatic heterocycles. The van der Waals surface area contributed by atoms with Gasteiger partial charge in [0.05, 0.1) is 17.6 Å². The molecule has 2 heterocycles. The van der Waals surface area contributed by atoms with Gasteiger partial charge in [0.15, 0.2) is 0 Å². The van der Waals surface area contributed by atoms with Crippen LogP contribution in [0, 0.1) is 0 Å². The molecule has 5 nitrogen and oxygen atoms in total. The summed E-state index contributed by atoms with van der Waals surface area (Å²) >= 11 is 4.92. The number of furan rings is 1. The number of carbonyl (C=O) groups excluding carboxylic acids is 2. The third-order valence-electron chi connectivity index (χ3n) is 4.10. The zero-order valence-electron chi connectivity index (χ0n) is 13.6. The van der Waals surface area contributed by atoms with E-state index >= 15 is 0 Å². The molecule has 2 aromatic rings. The van der Waals surface area contributed by atoms with E-state index in [0.717, 1.165) is 22.2 Å². The van der Waals surface area contributed by atoms with Crippen LogP contribution in [0.25, 0.3) is 0 Å². The fourth-order valence-corrected chi connectivity index (χ4v) is 3.72. The van der Waals surface area contributed by atoms with Crippen LogP contribution in [0.5, 0.6) is 0 Å². The van der Waals surface area contributed by atoms with Gasteiger partial charge >= 0.3 is 0 Å². The highest BCUT2D eigenvalue weighted by Gasteiger charge is 2.25. The number of hydrogen-bond acceptors (Lipinski definition) is 4. The molecule has 3 rings (SSSR count). The van der Waals surface area contributed by atoms with Crippen LogP contribution in [0.1, 0.15) is 23.2 Å². The molecule has 0 bridgehead atoms. The van der Waals surface area contributed by atoms with Crippen molar-refractivity contribution >= 4 is 39.5 Å². The molecule has 1 N–H and O–H groups in total. The molecule has 0 spiro atoms.